The topological polar surface area (TPSA) is 13.1 Å². The summed E-state index contributed by atoms with van der Waals surface area (Å²) in [4.78, 5) is 0. The van der Waals surface area contributed by atoms with Gasteiger partial charge in [-0.05, 0) is 151 Å². The van der Waals surface area contributed by atoms with Crippen molar-refractivity contribution in [3.63, 3.8) is 0 Å². The molecule has 252 valence electrons. The number of allylic oxidation sites excluding steroid dienone is 4. The van der Waals surface area contributed by atoms with Gasteiger partial charge in [0.25, 0.3) is 0 Å². The first-order chi connectivity index (χ1) is 26.0. The first kappa shape index (κ1) is 32.2. The van der Waals surface area contributed by atoms with E-state index in [0.717, 1.165) is 60.7 Å². The fourth-order valence-electron chi connectivity index (χ4n) is 7.85. The van der Waals surface area contributed by atoms with Gasteiger partial charge in [0.15, 0.2) is 0 Å². The first-order valence-electron chi connectivity index (χ1n) is 18.2. The van der Waals surface area contributed by atoms with Gasteiger partial charge in [-0.2, -0.15) is 0 Å². The van der Waals surface area contributed by atoms with E-state index in [1.807, 2.05) is 6.08 Å². The smallest absolute Gasteiger partial charge is 0.135 e. The summed E-state index contributed by atoms with van der Waals surface area (Å²) >= 11 is 0. The third kappa shape index (κ3) is 5.59. The van der Waals surface area contributed by atoms with Crippen molar-refractivity contribution in [3.8, 4) is 44.5 Å². The Hall–Kier alpha value is -6.70. The van der Waals surface area contributed by atoms with Crippen molar-refractivity contribution in [1.29, 1.82) is 0 Å². The van der Waals surface area contributed by atoms with Gasteiger partial charge in [0.2, 0.25) is 0 Å². The predicted octanol–water partition coefficient (Wildman–Crippen LogP) is 15.2. The van der Waals surface area contributed by atoms with Crippen LogP contribution in [0.5, 0.6) is 0 Å². The van der Waals surface area contributed by atoms with Gasteiger partial charge in [0.05, 0.1) is 0 Å². The van der Waals surface area contributed by atoms with Gasteiger partial charge in [-0.3, -0.25) is 0 Å². The van der Waals surface area contributed by atoms with Crippen LogP contribution in [-0.4, -0.2) is 0 Å². The lowest BCUT2D eigenvalue weighted by molar-refractivity contribution is 0.664. The van der Waals surface area contributed by atoms with E-state index >= 15 is 0 Å². The Balaban J connectivity index is 1.30. The predicted molar refractivity (Wildman–Crippen MR) is 229 cm³/mol. The lowest BCUT2D eigenvalue weighted by atomic mass is 9.89. The average molecular weight is 679 g/mol. The van der Waals surface area contributed by atoms with Gasteiger partial charge in [0, 0.05) is 10.8 Å². The molecule has 0 aliphatic heterocycles. The van der Waals surface area contributed by atoms with Crippen LogP contribution < -0.4 is 0 Å². The summed E-state index contributed by atoms with van der Waals surface area (Å²) in [6.45, 7) is 12.6. The zero-order valence-corrected chi connectivity index (χ0v) is 30.0. The van der Waals surface area contributed by atoms with Crippen LogP contribution in [-0.2, 0) is 0 Å². The molecule has 0 aliphatic rings. The molecule has 9 rings (SSSR count). The van der Waals surface area contributed by atoms with Crippen LogP contribution >= 0.6 is 0 Å². The summed E-state index contributed by atoms with van der Waals surface area (Å²) in [6, 6.07) is 56.9. The Morgan fingerprint density at radius 2 is 0.925 bits per heavy atom. The highest BCUT2D eigenvalue weighted by molar-refractivity contribution is 6.26. The van der Waals surface area contributed by atoms with Gasteiger partial charge in [-0.15, -0.1) is 0 Å². The second-order valence-electron chi connectivity index (χ2n) is 13.8. The van der Waals surface area contributed by atoms with Crippen molar-refractivity contribution in [1.82, 2.24) is 0 Å². The molecule has 0 fully saturated rings. The molecule has 0 bridgehead atoms. The summed E-state index contributed by atoms with van der Waals surface area (Å²) < 4.78 is 6.94. The molecule has 8 aromatic carbocycles. The number of fused-ring (bicyclic) bond motifs is 1. The van der Waals surface area contributed by atoms with Crippen molar-refractivity contribution in [2.24, 2.45) is 0 Å². The Morgan fingerprint density at radius 1 is 0.472 bits per heavy atom. The van der Waals surface area contributed by atoms with E-state index in [9.17, 15) is 0 Å². The Bertz CT molecular complexity index is 2740. The van der Waals surface area contributed by atoms with Crippen LogP contribution in [0.15, 0.2) is 187 Å². The minimum Gasteiger partial charge on any atom is -0.456 e. The maximum atomic E-state index is 6.94. The van der Waals surface area contributed by atoms with Crippen molar-refractivity contribution < 1.29 is 4.42 Å². The highest BCUT2D eigenvalue weighted by Gasteiger charge is 2.18. The Morgan fingerprint density at radius 3 is 1.42 bits per heavy atom. The van der Waals surface area contributed by atoms with Crippen LogP contribution in [0.25, 0.3) is 99.1 Å². The fraction of sp³-hybridized carbons (Fsp3) is 0.0385. The summed E-state index contributed by atoms with van der Waals surface area (Å²) in [5, 5.41) is 6.89. The van der Waals surface area contributed by atoms with Crippen molar-refractivity contribution in [2.75, 3.05) is 0 Å². The van der Waals surface area contributed by atoms with Crippen LogP contribution in [0.1, 0.15) is 25.0 Å². The second-order valence-corrected chi connectivity index (χ2v) is 13.8. The summed E-state index contributed by atoms with van der Waals surface area (Å²) in [5.41, 5.74) is 15.5. The molecule has 0 N–H and O–H groups in total. The summed E-state index contributed by atoms with van der Waals surface area (Å²) in [7, 11) is 0. The maximum absolute atomic E-state index is 6.94. The van der Waals surface area contributed by atoms with E-state index in [1.165, 1.54) is 49.5 Å². The summed E-state index contributed by atoms with van der Waals surface area (Å²) in [5.74, 6) is 0. The minimum absolute atomic E-state index is 0.858. The molecular formula is C52H38O. The molecule has 1 heterocycles. The van der Waals surface area contributed by atoms with Gasteiger partial charge in [-0.1, -0.05) is 135 Å². The van der Waals surface area contributed by atoms with E-state index in [-0.39, 0.29) is 0 Å². The second kappa shape index (κ2) is 13.1. The van der Waals surface area contributed by atoms with Crippen LogP contribution in [0.2, 0.25) is 0 Å². The van der Waals surface area contributed by atoms with Gasteiger partial charge in [-0.25, -0.2) is 0 Å². The van der Waals surface area contributed by atoms with E-state index < -0.39 is 0 Å². The molecule has 1 aromatic heterocycles. The molecule has 0 saturated heterocycles. The third-order valence-electron chi connectivity index (χ3n) is 10.7. The molecule has 0 unspecified atom stereocenters. The number of benzene rings is 8. The van der Waals surface area contributed by atoms with Gasteiger partial charge >= 0.3 is 0 Å². The van der Waals surface area contributed by atoms with Crippen molar-refractivity contribution >= 4 is 54.6 Å². The number of hydrogen-bond donors (Lipinski definition) is 0. The quantitative estimate of drug-likeness (QED) is 0.153. The highest BCUT2D eigenvalue weighted by atomic mass is 16.3. The van der Waals surface area contributed by atoms with Crippen molar-refractivity contribution in [2.45, 2.75) is 13.8 Å². The Kier molecular flexibility index (Phi) is 7.98. The molecule has 0 saturated carbocycles. The van der Waals surface area contributed by atoms with E-state index in [1.54, 1.807) is 0 Å². The van der Waals surface area contributed by atoms with Gasteiger partial charge < -0.3 is 4.42 Å². The van der Waals surface area contributed by atoms with Crippen LogP contribution in [0, 0.1) is 0 Å². The molecule has 0 amide bonds. The number of hydrogen-bond acceptors (Lipinski definition) is 1. The normalized spacial score (nSPS) is 11.8. The maximum Gasteiger partial charge on any atom is 0.135 e. The average Bonchev–Trinajstić information content (AvgIpc) is 3.36. The zero-order chi connectivity index (χ0) is 36.1. The number of rotatable bonds is 7. The SMILES string of the molecule is C=CC(=C)c1cc(-c2ccccc2)cc(-c2ccc3oc4ccc(-c5cc(C(C)=CC)cc(-c6ccccc6)c5)c5cccc(c6cccc2c36)c45)c1. The molecule has 9 aromatic rings. The lowest BCUT2D eigenvalue weighted by Gasteiger charge is -2.14. The fourth-order valence-corrected chi connectivity index (χ4v) is 7.85. The standard InChI is InChI=1S/C52H38O/c1-5-33(3)37-27-39(35-15-9-7-10-16-35)31-41(29-37)43-23-25-49-51-45(43)19-13-21-47(51)48-22-14-20-46-44(24-26-50(53-49)52(46)48)42-30-38(34(4)6-2)28-40(32-42)36-17-11-8-12-18-36/h5-32H,1,3H2,2,4H3. The van der Waals surface area contributed by atoms with Gasteiger partial charge in [0.1, 0.15) is 11.2 Å². The van der Waals surface area contributed by atoms with E-state index in [4.69, 9.17) is 4.42 Å². The summed E-state index contributed by atoms with van der Waals surface area (Å²) in [6.07, 6.45) is 4.01. The largest absolute Gasteiger partial charge is 0.456 e. The van der Waals surface area contributed by atoms with Crippen LogP contribution in [0.4, 0.5) is 0 Å². The molecular weight excluding hydrogens is 641 g/mol. The molecule has 1 nitrogen and oxygen atoms in total. The molecule has 53 heavy (non-hydrogen) atoms. The minimum atomic E-state index is 0.858. The van der Waals surface area contributed by atoms with E-state index in [2.05, 4.69) is 191 Å². The first-order valence-corrected chi connectivity index (χ1v) is 18.2. The van der Waals surface area contributed by atoms with Crippen LogP contribution in [0.3, 0.4) is 0 Å². The van der Waals surface area contributed by atoms with E-state index in [0.29, 0.717) is 0 Å². The molecule has 0 aliphatic carbocycles. The third-order valence-corrected chi connectivity index (χ3v) is 10.7. The lowest BCUT2D eigenvalue weighted by Crippen LogP contribution is -1.89. The molecule has 0 radical (unpaired) electrons. The monoisotopic (exact) mass is 678 g/mol. The highest BCUT2D eigenvalue weighted by Crippen LogP contribution is 2.43. The molecule has 1 heteroatoms. The van der Waals surface area contributed by atoms with Crippen molar-refractivity contribution in [3.05, 3.63) is 194 Å². The Labute approximate surface area is 310 Å². The zero-order valence-electron chi connectivity index (χ0n) is 30.0. The molecule has 0 atom stereocenters. The molecule has 0 spiro atoms.